The van der Waals surface area contributed by atoms with E-state index in [-0.39, 0.29) is 0 Å². The minimum atomic E-state index is 0.436. The van der Waals surface area contributed by atoms with E-state index in [9.17, 15) is 0 Å². The van der Waals surface area contributed by atoms with Gasteiger partial charge in [-0.1, -0.05) is 35.1 Å². The third-order valence-corrected chi connectivity index (χ3v) is 4.36. The number of rotatable bonds is 5. The molecule has 1 aliphatic heterocycles. The molecule has 0 radical (unpaired) electrons. The van der Waals surface area contributed by atoms with Crippen molar-refractivity contribution in [3.63, 3.8) is 0 Å². The summed E-state index contributed by atoms with van der Waals surface area (Å²) in [7, 11) is 0. The van der Waals surface area contributed by atoms with Gasteiger partial charge < -0.3 is 16.0 Å². The zero-order valence-electron chi connectivity index (χ0n) is 11.2. The standard InChI is InChI=1S/C14H20BrN3S/c1-2-18-6-5-10(9-18)8-17-13-4-3-11(15)7-12(13)14(16)19/h3-4,7,10,17H,2,5-6,8-9H2,1H3,(H2,16,19). The number of thiocarbonyl (C=S) groups is 1. The number of hydrogen-bond acceptors (Lipinski definition) is 3. The quantitative estimate of drug-likeness (QED) is 0.808. The first-order chi connectivity index (χ1) is 9.10. The van der Waals surface area contributed by atoms with Gasteiger partial charge in [0.25, 0.3) is 0 Å². The van der Waals surface area contributed by atoms with E-state index in [1.807, 2.05) is 18.2 Å². The molecule has 0 saturated carbocycles. The van der Waals surface area contributed by atoms with Crippen molar-refractivity contribution < 1.29 is 0 Å². The Balaban J connectivity index is 1.98. The predicted octanol–water partition coefficient (Wildman–Crippen LogP) is 2.84. The maximum atomic E-state index is 5.77. The highest BCUT2D eigenvalue weighted by atomic mass is 79.9. The lowest BCUT2D eigenvalue weighted by molar-refractivity contribution is 0.345. The number of halogens is 1. The Morgan fingerprint density at radius 1 is 1.58 bits per heavy atom. The fourth-order valence-electron chi connectivity index (χ4n) is 2.50. The molecule has 0 bridgehead atoms. The number of likely N-dealkylation sites (tertiary alicyclic amines) is 1. The Bertz CT molecular complexity index is 464. The molecule has 1 atom stereocenters. The summed E-state index contributed by atoms with van der Waals surface area (Å²) in [5.41, 5.74) is 7.72. The molecule has 1 saturated heterocycles. The van der Waals surface area contributed by atoms with Gasteiger partial charge in [-0.2, -0.15) is 0 Å². The molecule has 1 unspecified atom stereocenters. The SMILES string of the molecule is CCN1CCC(CNc2ccc(Br)cc2C(N)=S)C1. The molecule has 1 aromatic carbocycles. The van der Waals surface area contributed by atoms with Crippen molar-refractivity contribution in [1.82, 2.24) is 4.90 Å². The van der Waals surface area contributed by atoms with E-state index in [4.69, 9.17) is 18.0 Å². The molecular formula is C14H20BrN3S. The third-order valence-electron chi connectivity index (χ3n) is 3.65. The van der Waals surface area contributed by atoms with Gasteiger partial charge in [-0.25, -0.2) is 0 Å². The minimum Gasteiger partial charge on any atom is -0.389 e. The van der Waals surface area contributed by atoms with Crippen LogP contribution in [0.2, 0.25) is 0 Å². The van der Waals surface area contributed by atoms with Crippen LogP contribution in [-0.4, -0.2) is 36.1 Å². The summed E-state index contributed by atoms with van der Waals surface area (Å²) in [5, 5.41) is 3.49. The summed E-state index contributed by atoms with van der Waals surface area (Å²) in [5.74, 6) is 0.711. The van der Waals surface area contributed by atoms with Crippen molar-refractivity contribution in [3.8, 4) is 0 Å². The molecule has 1 fully saturated rings. The first kappa shape index (κ1) is 14.8. The van der Waals surface area contributed by atoms with Crippen LogP contribution in [0.5, 0.6) is 0 Å². The number of hydrogen-bond donors (Lipinski definition) is 2. The molecule has 5 heteroatoms. The van der Waals surface area contributed by atoms with E-state index in [0.717, 1.165) is 28.8 Å². The lowest BCUT2D eigenvalue weighted by atomic mass is 10.1. The number of nitrogens with one attached hydrogen (secondary N) is 1. The third kappa shape index (κ3) is 3.91. The van der Waals surface area contributed by atoms with Crippen LogP contribution < -0.4 is 11.1 Å². The summed E-state index contributed by atoms with van der Waals surface area (Å²) in [4.78, 5) is 2.92. The van der Waals surface area contributed by atoms with Gasteiger partial charge in [0.1, 0.15) is 4.99 Å². The largest absolute Gasteiger partial charge is 0.389 e. The lowest BCUT2D eigenvalue weighted by Crippen LogP contribution is -2.23. The molecule has 1 heterocycles. The molecule has 0 aliphatic carbocycles. The van der Waals surface area contributed by atoms with Crippen molar-refractivity contribution in [2.24, 2.45) is 11.7 Å². The van der Waals surface area contributed by atoms with Crippen LogP contribution in [0.1, 0.15) is 18.9 Å². The van der Waals surface area contributed by atoms with Gasteiger partial charge in [-0.15, -0.1) is 0 Å². The molecule has 0 aromatic heterocycles. The van der Waals surface area contributed by atoms with Crippen LogP contribution in [0, 0.1) is 5.92 Å². The molecule has 1 aliphatic rings. The van der Waals surface area contributed by atoms with E-state index in [1.165, 1.54) is 19.5 Å². The highest BCUT2D eigenvalue weighted by Gasteiger charge is 2.21. The fraction of sp³-hybridized carbons (Fsp3) is 0.500. The lowest BCUT2D eigenvalue weighted by Gasteiger charge is -2.16. The monoisotopic (exact) mass is 341 g/mol. The van der Waals surface area contributed by atoms with Crippen LogP contribution >= 0.6 is 28.1 Å². The van der Waals surface area contributed by atoms with E-state index in [1.54, 1.807) is 0 Å². The maximum absolute atomic E-state index is 5.77. The van der Waals surface area contributed by atoms with Crippen molar-refractivity contribution in [2.45, 2.75) is 13.3 Å². The number of anilines is 1. The molecular weight excluding hydrogens is 322 g/mol. The average Bonchev–Trinajstić information content (AvgIpc) is 2.85. The Hall–Kier alpha value is -0.650. The van der Waals surface area contributed by atoms with E-state index >= 15 is 0 Å². The molecule has 3 N–H and O–H groups in total. The molecule has 3 nitrogen and oxygen atoms in total. The van der Waals surface area contributed by atoms with E-state index < -0.39 is 0 Å². The maximum Gasteiger partial charge on any atom is 0.106 e. The molecule has 0 spiro atoms. The second kappa shape index (κ2) is 6.68. The normalized spacial score (nSPS) is 19.6. The van der Waals surface area contributed by atoms with Crippen molar-refractivity contribution in [2.75, 3.05) is 31.5 Å². The van der Waals surface area contributed by atoms with Gasteiger partial charge in [0.2, 0.25) is 0 Å². The van der Waals surface area contributed by atoms with Gasteiger partial charge in [0.05, 0.1) is 0 Å². The molecule has 19 heavy (non-hydrogen) atoms. The average molecular weight is 342 g/mol. The van der Waals surface area contributed by atoms with Crippen LogP contribution in [0.3, 0.4) is 0 Å². The first-order valence-corrected chi connectivity index (χ1v) is 7.86. The Morgan fingerprint density at radius 2 is 2.37 bits per heavy atom. The predicted molar refractivity (Wildman–Crippen MR) is 88.7 cm³/mol. The molecule has 0 amide bonds. The zero-order valence-corrected chi connectivity index (χ0v) is 13.6. The van der Waals surface area contributed by atoms with Gasteiger partial charge >= 0.3 is 0 Å². The topological polar surface area (TPSA) is 41.3 Å². The van der Waals surface area contributed by atoms with E-state index in [0.29, 0.717) is 10.9 Å². The van der Waals surface area contributed by atoms with Crippen molar-refractivity contribution in [1.29, 1.82) is 0 Å². The highest BCUT2D eigenvalue weighted by molar-refractivity contribution is 9.10. The van der Waals surface area contributed by atoms with Gasteiger partial charge in [0, 0.05) is 28.8 Å². The molecule has 1 aromatic rings. The van der Waals surface area contributed by atoms with E-state index in [2.05, 4.69) is 33.1 Å². The molecule has 104 valence electrons. The van der Waals surface area contributed by atoms with Gasteiger partial charge in [0.15, 0.2) is 0 Å². The van der Waals surface area contributed by atoms with Gasteiger partial charge in [-0.3, -0.25) is 0 Å². The highest BCUT2D eigenvalue weighted by Crippen LogP contribution is 2.23. The summed E-state index contributed by atoms with van der Waals surface area (Å²) < 4.78 is 0.999. The van der Waals surface area contributed by atoms with Crippen LogP contribution in [0.4, 0.5) is 5.69 Å². The summed E-state index contributed by atoms with van der Waals surface area (Å²) >= 11 is 8.55. The second-order valence-electron chi connectivity index (χ2n) is 4.98. The number of nitrogens with two attached hydrogens (primary N) is 1. The van der Waals surface area contributed by atoms with Crippen molar-refractivity contribution in [3.05, 3.63) is 28.2 Å². The van der Waals surface area contributed by atoms with Crippen LogP contribution in [0.15, 0.2) is 22.7 Å². The number of benzene rings is 1. The van der Waals surface area contributed by atoms with Gasteiger partial charge in [-0.05, 0) is 43.6 Å². The van der Waals surface area contributed by atoms with Crippen LogP contribution in [-0.2, 0) is 0 Å². The summed E-state index contributed by atoms with van der Waals surface area (Å²) in [6, 6.07) is 6.01. The zero-order chi connectivity index (χ0) is 13.8. The smallest absolute Gasteiger partial charge is 0.106 e. The Labute approximate surface area is 128 Å². The Kier molecular flexibility index (Phi) is 5.19. The van der Waals surface area contributed by atoms with Crippen LogP contribution in [0.25, 0.3) is 0 Å². The first-order valence-electron chi connectivity index (χ1n) is 6.65. The number of nitrogens with zero attached hydrogens (tertiary/aromatic N) is 1. The summed E-state index contributed by atoms with van der Waals surface area (Å²) in [6.45, 7) is 6.74. The Morgan fingerprint density at radius 3 is 3.00 bits per heavy atom. The minimum absolute atomic E-state index is 0.436. The van der Waals surface area contributed by atoms with Crippen molar-refractivity contribution >= 4 is 38.8 Å². The fourth-order valence-corrected chi connectivity index (χ4v) is 3.03. The second-order valence-corrected chi connectivity index (χ2v) is 6.34. The molecule has 2 rings (SSSR count). The summed E-state index contributed by atoms with van der Waals surface area (Å²) in [6.07, 6.45) is 1.26.